The van der Waals surface area contributed by atoms with Gasteiger partial charge in [-0.15, -0.1) is 0 Å². The minimum absolute atomic E-state index is 0.439. The van der Waals surface area contributed by atoms with Gasteiger partial charge in [-0.3, -0.25) is 4.79 Å². The van der Waals surface area contributed by atoms with Gasteiger partial charge in [0.15, 0.2) is 0 Å². The highest BCUT2D eigenvalue weighted by molar-refractivity contribution is 8.03. The van der Waals surface area contributed by atoms with Gasteiger partial charge in [0.1, 0.15) is 0 Å². The number of anilines is 1. The number of aliphatic hydroxyl groups is 1. The summed E-state index contributed by atoms with van der Waals surface area (Å²) >= 11 is 1.33. The normalized spacial score (nSPS) is 26.7. The van der Waals surface area contributed by atoms with Gasteiger partial charge in [-0.1, -0.05) is 62.1 Å². The second kappa shape index (κ2) is 9.03. The second-order valence-electron chi connectivity index (χ2n) is 8.71. The monoisotopic (exact) mass is 425 g/mol. The summed E-state index contributed by atoms with van der Waals surface area (Å²) in [6.45, 7) is 1.58. The van der Waals surface area contributed by atoms with Gasteiger partial charge in [-0.2, -0.15) is 5.26 Å². The van der Waals surface area contributed by atoms with Gasteiger partial charge in [0.05, 0.1) is 22.1 Å². The van der Waals surface area contributed by atoms with E-state index in [2.05, 4.69) is 16.3 Å². The molecular weight excluding hydrogens is 394 g/mol. The van der Waals surface area contributed by atoms with E-state index in [9.17, 15) is 15.2 Å². The second-order valence-corrected chi connectivity index (χ2v) is 10.3. The number of carbonyl (C=O) groups is 1. The smallest absolute Gasteiger partial charge is 0.273 e. The molecule has 1 atom stereocenters. The maximum atomic E-state index is 13.5. The van der Waals surface area contributed by atoms with E-state index in [0.717, 1.165) is 70.9 Å². The highest BCUT2D eigenvalue weighted by Crippen LogP contribution is 2.59. The first-order valence-corrected chi connectivity index (χ1v) is 12.1. The quantitative estimate of drug-likeness (QED) is 0.727. The Kier molecular flexibility index (Phi) is 6.40. The molecule has 160 valence electrons. The van der Waals surface area contributed by atoms with Crippen molar-refractivity contribution in [2.24, 2.45) is 0 Å². The molecule has 1 aliphatic carbocycles. The van der Waals surface area contributed by atoms with Gasteiger partial charge in [0.2, 0.25) is 4.93 Å². The summed E-state index contributed by atoms with van der Waals surface area (Å²) in [6.07, 6.45) is 10.5. The van der Waals surface area contributed by atoms with E-state index >= 15 is 0 Å². The van der Waals surface area contributed by atoms with Gasteiger partial charge < -0.3 is 15.3 Å². The van der Waals surface area contributed by atoms with Crippen LogP contribution < -0.4 is 5.32 Å². The number of nitriles is 1. The van der Waals surface area contributed by atoms with Crippen molar-refractivity contribution in [1.82, 2.24) is 4.90 Å². The van der Waals surface area contributed by atoms with E-state index in [1.54, 1.807) is 0 Å². The summed E-state index contributed by atoms with van der Waals surface area (Å²) < 4.78 is -0.468. The first kappa shape index (κ1) is 21.3. The van der Waals surface area contributed by atoms with Crippen LogP contribution >= 0.6 is 11.8 Å². The van der Waals surface area contributed by atoms with Crippen LogP contribution in [0.25, 0.3) is 0 Å². The van der Waals surface area contributed by atoms with E-state index in [1.807, 2.05) is 30.3 Å². The van der Waals surface area contributed by atoms with Gasteiger partial charge in [0, 0.05) is 18.8 Å². The van der Waals surface area contributed by atoms with E-state index in [-0.39, 0.29) is 0 Å². The van der Waals surface area contributed by atoms with Gasteiger partial charge in [-0.05, 0) is 44.2 Å². The van der Waals surface area contributed by atoms with Crippen LogP contribution in [0.15, 0.2) is 41.6 Å². The molecule has 0 bridgehead atoms. The molecule has 1 unspecified atom stereocenters. The molecule has 4 rings (SSSR count). The van der Waals surface area contributed by atoms with Crippen molar-refractivity contribution in [3.63, 3.8) is 0 Å². The minimum Gasteiger partial charge on any atom is -0.370 e. The molecule has 2 aliphatic heterocycles. The molecule has 6 heteroatoms. The number of para-hydroxylation sites is 1. The zero-order valence-electron chi connectivity index (χ0n) is 17.5. The number of nitrogens with zero attached hydrogens (tertiary/aromatic N) is 2. The zero-order chi connectivity index (χ0) is 21.0. The summed E-state index contributed by atoms with van der Waals surface area (Å²) in [5, 5.41) is 25.1. The number of carbonyl (C=O) groups excluding carboxylic acids is 1. The number of nitrogens with one attached hydrogen (secondary N) is 1. The van der Waals surface area contributed by atoms with Crippen LogP contribution in [0.5, 0.6) is 0 Å². The summed E-state index contributed by atoms with van der Waals surface area (Å²) in [4.78, 5) is 13.9. The first-order valence-electron chi connectivity index (χ1n) is 11.3. The number of likely N-dealkylation sites (tertiary alicyclic amines) is 1. The Hall–Kier alpha value is -1.97. The van der Waals surface area contributed by atoms with E-state index in [4.69, 9.17) is 0 Å². The van der Waals surface area contributed by atoms with E-state index in [1.165, 1.54) is 18.2 Å². The van der Waals surface area contributed by atoms with Crippen molar-refractivity contribution in [2.75, 3.05) is 18.4 Å². The number of thioether (sulfide) groups is 1. The summed E-state index contributed by atoms with van der Waals surface area (Å²) in [5.41, 5.74) is 1.86. The third-order valence-corrected chi connectivity index (χ3v) is 8.32. The average Bonchev–Trinajstić information content (AvgIpc) is 3.02. The molecule has 2 fully saturated rings. The molecule has 3 aliphatic rings. The molecule has 1 saturated heterocycles. The predicted molar refractivity (Wildman–Crippen MR) is 121 cm³/mol. The van der Waals surface area contributed by atoms with Gasteiger partial charge >= 0.3 is 0 Å². The van der Waals surface area contributed by atoms with Crippen molar-refractivity contribution in [2.45, 2.75) is 73.9 Å². The van der Waals surface area contributed by atoms with Crippen molar-refractivity contribution in [3.05, 3.63) is 41.6 Å². The summed E-state index contributed by atoms with van der Waals surface area (Å²) in [7, 11) is 0. The van der Waals surface area contributed by atoms with Crippen LogP contribution in [0.1, 0.15) is 64.2 Å². The van der Waals surface area contributed by atoms with Crippen molar-refractivity contribution >= 4 is 23.4 Å². The average molecular weight is 426 g/mol. The molecule has 1 saturated carbocycles. The zero-order valence-corrected chi connectivity index (χ0v) is 18.3. The molecule has 1 spiro atoms. The molecular formula is C24H31N3O2S. The topological polar surface area (TPSA) is 76.4 Å². The molecule has 30 heavy (non-hydrogen) atoms. The molecule has 2 N–H and O–H groups in total. The molecule has 5 nitrogen and oxygen atoms in total. The number of hydrogen-bond donors (Lipinski definition) is 2. The lowest BCUT2D eigenvalue weighted by atomic mass is 9.83. The molecule has 0 radical (unpaired) electrons. The van der Waals surface area contributed by atoms with E-state index < -0.39 is 15.6 Å². The van der Waals surface area contributed by atoms with Crippen molar-refractivity contribution in [3.8, 4) is 6.07 Å². The van der Waals surface area contributed by atoms with Crippen molar-refractivity contribution < 1.29 is 9.90 Å². The van der Waals surface area contributed by atoms with Crippen LogP contribution in [0.2, 0.25) is 0 Å². The Morgan fingerprint density at radius 3 is 2.23 bits per heavy atom. The highest BCUT2D eigenvalue weighted by atomic mass is 32.2. The Balaban J connectivity index is 1.75. The molecule has 1 aromatic carbocycles. The Morgan fingerprint density at radius 2 is 1.60 bits per heavy atom. The Bertz CT molecular complexity index is 834. The van der Waals surface area contributed by atoms with Crippen LogP contribution in [0.4, 0.5) is 5.69 Å². The maximum absolute atomic E-state index is 13.5. The largest absolute Gasteiger partial charge is 0.370 e. The van der Waals surface area contributed by atoms with Crippen molar-refractivity contribution in [1.29, 1.82) is 5.26 Å². The third-order valence-electron chi connectivity index (χ3n) is 6.64. The van der Waals surface area contributed by atoms with Gasteiger partial charge in [-0.25, -0.2) is 0 Å². The van der Waals surface area contributed by atoms with Crippen LogP contribution in [-0.2, 0) is 4.79 Å². The fourth-order valence-electron chi connectivity index (χ4n) is 5.13. The fraction of sp³-hybridized carbons (Fsp3) is 0.583. The minimum atomic E-state index is -1.74. The number of amides is 1. The molecule has 1 amide bonds. The summed E-state index contributed by atoms with van der Waals surface area (Å²) in [6, 6.07) is 11.7. The lowest BCUT2D eigenvalue weighted by molar-refractivity contribution is -0.125. The van der Waals surface area contributed by atoms with Gasteiger partial charge in [0.25, 0.3) is 5.91 Å². The maximum Gasteiger partial charge on any atom is 0.273 e. The highest BCUT2D eigenvalue weighted by Gasteiger charge is 2.59. The lowest BCUT2D eigenvalue weighted by Gasteiger charge is -2.36. The fourth-order valence-corrected chi connectivity index (χ4v) is 6.91. The Labute approximate surface area is 183 Å². The predicted octanol–water partition coefficient (Wildman–Crippen LogP) is 4.81. The number of benzene rings is 1. The van der Waals surface area contributed by atoms with Crippen LogP contribution in [-0.4, -0.2) is 38.7 Å². The molecule has 1 aromatic rings. The molecule has 0 aromatic heterocycles. The third kappa shape index (κ3) is 3.98. The summed E-state index contributed by atoms with van der Waals surface area (Å²) in [5.74, 6) is -0.439. The van der Waals surface area contributed by atoms with Crippen LogP contribution in [0, 0.1) is 11.3 Å². The van der Waals surface area contributed by atoms with Crippen LogP contribution in [0.3, 0.4) is 0 Å². The first-order chi connectivity index (χ1) is 14.6. The number of rotatable bonds is 3. The number of hydrogen-bond acceptors (Lipinski definition) is 5. The Morgan fingerprint density at radius 1 is 1.00 bits per heavy atom. The number of piperidine rings is 1. The standard InChI is InChI=1S/C24H31N3O2S/c25-18-20-21(27-16-10-5-11-17-27)24(29,22(28)26-19-12-6-4-7-13-19)30-23(20)14-8-2-1-3-9-15-23/h4,6-7,12-13,29H,1-3,5,8-11,14-17H2,(H,26,28). The molecule has 2 heterocycles. The lowest BCUT2D eigenvalue weighted by Crippen LogP contribution is -2.47. The SMILES string of the molecule is N#CC1=C(N2CCCCC2)C(O)(C(=O)Nc2ccccc2)SC12CCCCCCC2. The van der Waals surface area contributed by atoms with E-state index in [0.29, 0.717) is 17.0 Å².